The summed E-state index contributed by atoms with van der Waals surface area (Å²) in [6.07, 6.45) is 2.34. The average molecular weight is 354 g/mol. The van der Waals surface area contributed by atoms with Gasteiger partial charge in [-0.3, -0.25) is 4.79 Å². The Labute approximate surface area is 150 Å². The molecule has 8 heteroatoms. The van der Waals surface area contributed by atoms with E-state index in [1.807, 2.05) is 12.1 Å². The van der Waals surface area contributed by atoms with E-state index in [0.717, 1.165) is 5.56 Å². The first kappa shape index (κ1) is 17.6. The van der Waals surface area contributed by atoms with Crippen LogP contribution < -0.4 is 5.32 Å². The summed E-state index contributed by atoms with van der Waals surface area (Å²) in [6.45, 7) is 1.08. The summed E-state index contributed by atoms with van der Waals surface area (Å²) >= 11 is 0. The summed E-state index contributed by atoms with van der Waals surface area (Å²) < 4.78 is 6.70. The predicted octanol–water partition coefficient (Wildman–Crippen LogP) is 1.51. The number of aromatic carboxylic acids is 1. The smallest absolute Gasteiger partial charge is 0.356 e. The molecule has 1 aromatic carbocycles. The summed E-state index contributed by atoms with van der Waals surface area (Å²) in [7, 11) is 0. The maximum atomic E-state index is 12.5. The standard InChI is InChI=1S/C18H18N4O4/c19-12-18(5-8-26-9-6-18)17(25)20-11-13-2-1-3-14(10-13)22-7-4-15(21-22)16(23)24/h1-4,7,10H,5-6,8-9,11H2,(H,20,25)(H,23,24). The number of benzene rings is 1. The van der Waals surface area contributed by atoms with Gasteiger partial charge >= 0.3 is 5.97 Å². The number of amides is 1. The first-order valence-corrected chi connectivity index (χ1v) is 8.20. The van der Waals surface area contributed by atoms with Crippen molar-refractivity contribution < 1.29 is 19.4 Å². The van der Waals surface area contributed by atoms with Crippen molar-refractivity contribution in [2.24, 2.45) is 5.41 Å². The van der Waals surface area contributed by atoms with E-state index < -0.39 is 11.4 Å². The SMILES string of the molecule is N#CC1(C(=O)NCc2cccc(-n3ccc(C(=O)O)n3)c2)CCOCC1. The molecule has 134 valence electrons. The van der Waals surface area contributed by atoms with Gasteiger partial charge in [0.1, 0.15) is 5.41 Å². The maximum absolute atomic E-state index is 12.5. The van der Waals surface area contributed by atoms with Crippen LogP contribution in [-0.2, 0) is 16.1 Å². The largest absolute Gasteiger partial charge is 0.476 e. The molecule has 1 saturated heterocycles. The third-order valence-electron chi connectivity index (χ3n) is 4.43. The predicted molar refractivity (Wildman–Crippen MR) is 90.5 cm³/mol. The lowest BCUT2D eigenvalue weighted by Gasteiger charge is -2.29. The van der Waals surface area contributed by atoms with Crippen LogP contribution in [0.15, 0.2) is 36.5 Å². The minimum Gasteiger partial charge on any atom is -0.476 e. The van der Waals surface area contributed by atoms with Crippen molar-refractivity contribution in [2.75, 3.05) is 13.2 Å². The van der Waals surface area contributed by atoms with Gasteiger partial charge in [-0.05, 0) is 36.6 Å². The van der Waals surface area contributed by atoms with Crippen LogP contribution in [0.1, 0.15) is 28.9 Å². The Balaban J connectivity index is 1.70. The second kappa shape index (κ2) is 7.37. The lowest BCUT2D eigenvalue weighted by Crippen LogP contribution is -2.43. The molecule has 2 heterocycles. The summed E-state index contributed by atoms with van der Waals surface area (Å²) in [6, 6.07) is 10.8. The van der Waals surface area contributed by atoms with Crippen LogP contribution in [0.5, 0.6) is 0 Å². The number of hydrogen-bond donors (Lipinski definition) is 2. The lowest BCUT2D eigenvalue weighted by atomic mass is 9.81. The highest BCUT2D eigenvalue weighted by atomic mass is 16.5. The maximum Gasteiger partial charge on any atom is 0.356 e. The topological polar surface area (TPSA) is 117 Å². The molecule has 2 N–H and O–H groups in total. The van der Waals surface area contributed by atoms with Crippen LogP contribution in [0.2, 0.25) is 0 Å². The number of ether oxygens (including phenoxy) is 1. The number of carbonyl (C=O) groups is 2. The Morgan fingerprint density at radius 2 is 2.12 bits per heavy atom. The Hall–Kier alpha value is -3.18. The van der Waals surface area contributed by atoms with Crippen molar-refractivity contribution in [3.05, 3.63) is 47.8 Å². The van der Waals surface area contributed by atoms with Crippen LogP contribution in [0.25, 0.3) is 5.69 Å². The number of carboxylic acid groups (broad SMARTS) is 1. The van der Waals surface area contributed by atoms with Crippen molar-refractivity contribution in [3.63, 3.8) is 0 Å². The zero-order valence-electron chi connectivity index (χ0n) is 14.0. The molecule has 0 saturated carbocycles. The van der Waals surface area contributed by atoms with Crippen LogP contribution in [-0.4, -0.2) is 40.0 Å². The van der Waals surface area contributed by atoms with Crippen molar-refractivity contribution in [3.8, 4) is 11.8 Å². The van der Waals surface area contributed by atoms with Gasteiger partial charge < -0.3 is 15.2 Å². The van der Waals surface area contributed by atoms with Gasteiger partial charge in [-0.2, -0.15) is 10.4 Å². The summed E-state index contributed by atoms with van der Waals surface area (Å²) in [4.78, 5) is 23.4. The van der Waals surface area contributed by atoms with Crippen molar-refractivity contribution >= 4 is 11.9 Å². The summed E-state index contributed by atoms with van der Waals surface area (Å²) in [5, 5.41) is 25.2. The summed E-state index contributed by atoms with van der Waals surface area (Å²) in [5.41, 5.74) is 0.432. The summed E-state index contributed by atoms with van der Waals surface area (Å²) in [5.74, 6) is -1.38. The second-order valence-electron chi connectivity index (χ2n) is 6.11. The van der Waals surface area contributed by atoms with E-state index in [4.69, 9.17) is 9.84 Å². The molecule has 8 nitrogen and oxygen atoms in total. The van der Waals surface area contributed by atoms with Crippen LogP contribution >= 0.6 is 0 Å². The van der Waals surface area contributed by atoms with Crippen LogP contribution in [0.4, 0.5) is 0 Å². The van der Waals surface area contributed by atoms with Crippen LogP contribution in [0.3, 0.4) is 0 Å². The number of rotatable bonds is 5. The molecular weight excluding hydrogens is 336 g/mol. The molecule has 0 radical (unpaired) electrons. The molecule has 0 bridgehead atoms. The monoisotopic (exact) mass is 354 g/mol. The van der Waals surface area contributed by atoms with Gasteiger partial charge in [-0.15, -0.1) is 0 Å². The third-order valence-corrected chi connectivity index (χ3v) is 4.43. The zero-order chi connectivity index (χ0) is 18.6. The number of carbonyl (C=O) groups excluding carboxylic acids is 1. The number of carboxylic acids is 1. The highest BCUT2D eigenvalue weighted by Gasteiger charge is 2.40. The van der Waals surface area contributed by atoms with Gasteiger partial charge in [0.15, 0.2) is 5.69 Å². The molecule has 1 aliphatic heterocycles. The number of nitrogens with zero attached hydrogens (tertiary/aromatic N) is 3. The molecule has 2 aromatic rings. The van der Waals surface area contributed by atoms with E-state index in [1.165, 1.54) is 10.7 Å². The van der Waals surface area contributed by atoms with Gasteiger partial charge in [-0.25, -0.2) is 9.48 Å². The Morgan fingerprint density at radius 1 is 1.35 bits per heavy atom. The van der Waals surface area contributed by atoms with E-state index in [2.05, 4.69) is 16.5 Å². The molecular formula is C18H18N4O4. The Kier molecular flexibility index (Phi) is 5.00. The van der Waals surface area contributed by atoms with E-state index in [-0.39, 0.29) is 18.1 Å². The normalized spacial score (nSPS) is 15.8. The van der Waals surface area contributed by atoms with Gasteiger partial charge in [-0.1, -0.05) is 12.1 Å². The highest BCUT2D eigenvalue weighted by molar-refractivity contribution is 5.85. The molecule has 3 rings (SSSR count). The number of aromatic nitrogens is 2. The molecule has 0 aliphatic carbocycles. The molecule has 0 spiro atoms. The molecule has 1 fully saturated rings. The lowest BCUT2D eigenvalue weighted by molar-refractivity contribution is -0.132. The van der Waals surface area contributed by atoms with Gasteiger partial charge in [0, 0.05) is 26.0 Å². The third kappa shape index (κ3) is 3.58. The van der Waals surface area contributed by atoms with Gasteiger partial charge in [0.2, 0.25) is 5.91 Å². The Morgan fingerprint density at radius 3 is 2.77 bits per heavy atom. The zero-order valence-corrected chi connectivity index (χ0v) is 14.0. The average Bonchev–Trinajstić information content (AvgIpc) is 3.17. The molecule has 1 aromatic heterocycles. The molecule has 0 atom stereocenters. The molecule has 26 heavy (non-hydrogen) atoms. The first-order chi connectivity index (χ1) is 12.5. The van der Waals surface area contributed by atoms with Crippen molar-refractivity contribution in [2.45, 2.75) is 19.4 Å². The first-order valence-electron chi connectivity index (χ1n) is 8.20. The second-order valence-corrected chi connectivity index (χ2v) is 6.11. The highest BCUT2D eigenvalue weighted by Crippen LogP contribution is 2.30. The number of hydrogen-bond acceptors (Lipinski definition) is 5. The molecule has 1 aliphatic rings. The fraction of sp³-hybridized carbons (Fsp3) is 0.333. The minimum absolute atomic E-state index is 0.0424. The van der Waals surface area contributed by atoms with E-state index >= 15 is 0 Å². The van der Waals surface area contributed by atoms with E-state index in [1.54, 1.807) is 18.3 Å². The fourth-order valence-electron chi connectivity index (χ4n) is 2.85. The van der Waals surface area contributed by atoms with E-state index in [9.17, 15) is 14.9 Å². The van der Waals surface area contributed by atoms with Crippen molar-refractivity contribution in [1.82, 2.24) is 15.1 Å². The van der Waals surface area contributed by atoms with Gasteiger partial charge in [0.05, 0.1) is 11.8 Å². The minimum atomic E-state index is -1.09. The van der Waals surface area contributed by atoms with Crippen LogP contribution in [0, 0.1) is 16.7 Å². The van der Waals surface area contributed by atoms with Gasteiger partial charge in [0.25, 0.3) is 0 Å². The molecule has 0 unspecified atom stereocenters. The van der Waals surface area contributed by atoms with Crippen molar-refractivity contribution in [1.29, 1.82) is 5.26 Å². The Bertz CT molecular complexity index is 862. The van der Waals surface area contributed by atoms with E-state index in [0.29, 0.717) is 31.7 Å². The quantitative estimate of drug-likeness (QED) is 0.840. The number of nitriles is 1. The fourth-order valence-corrected chi connectivity index (χ4v) is 2.85. The molecule has 1 amide bonds. The number of nitrogens with one attached hydrogen (secondary N) is 1.